The molecule has 0 bridgehead atoms. The molecule has 4 atom stereocenters. The van der Waals surface area contributed by atoms with Crippen molar-refractivity contribution in [2.24, 2.45) is 5.41 Å². The van der Waals surface area contributed by atoms with Gasteiger partial charge in [0.2, 0.25) is 11.8 Å². The van der Waals surface area contributed by atoms with Gasteiger partial charge in [-0.2, -0.15) is 5.26 Å². The Morgan fingerprint density at radius 2 is 2.05 bits per heavy atom. The highest BCUT2D eigenvalue weighted by Gasteiger charge is 2.61. The van der Waals surface area contributed by atoms with E-state index >= 15 is 0 Å². The minimum absolute atomic E-state index is 0.0269. The molecule has 226 valence electrons. The molecule has 1 aromatic heterocycles. The Morgan fingerprint density at radius 1 is 1.26 bits per heavy atom. The maximum absolute atomic E-state index is 14.0. The molecule has 8 nitrogen and oxygen atoms in total. The first-order chi connectivity index (χ1) is 19.8. The van der Waals surface area contributed by atoms with Crippen LogP contribution in [-0.4, -0.2) is 58.9 Å². The Bertz CT molecular complexity index is 1320. The number of nitriles is 1. The zero-order valence-corrected chi connectivity index (χ0v) is 24.5. The van der Waals surface area contributed by atoms with Gasteiger partial charge >= 0.3 is 0 Å². The average molecular weight is 583 g/mol. The first-order valence-electron chi connectivity index (χ1n) is 14.7. The van der Waals surface area contributed by atoms with Crippen molar-refractivity contribution in [1.29, 1.82) is 5.26 Å². The number of carbonyl (C=O) groups is 1. The molecular formula is C32H40F2N4O4. The fraction of sp³-hybridized carbons (Fsp3) is 0.594. The number of nitrogens with zero attached hydrogens (tertiary/aromatic N) is 2. The van der Waals surface area contributed by atoms with Gasteiger partial charge in [0.15, 0.2) is 0 Å². The summed E-state index contributed by atoms with van der Waals surface area (Å²) in [6, 6.07) is 10.2. The van der Waals surface area contributed by atoms with Gasteiger partial charge in [-0.3, -0.25) is 4.79 Å². The number of ether oxygens (including phenoxy) is 2. The lowest BCUT2D eigenvalue weighted by Gasteiger charge is -2.51. The van der Waals surface area contributed by atoms with Crippen LogP contribution < -0.4 is 15.4 Å². The van der Waals surface area contributed by atoms with Gasteiger partial charge in [0.05, 0.1) is 36.6 Å². The van der Waals surface area contributed by atoms with Crippen molar-refractivity contribution >= 4 is 5.91 Å². The molecule has 1 spiro atoms. The lowest BCUT2D eigenvalue weighted by atomic mass is 9.70. The summed E-state index contributed by atoms with van der Waals surface area (Å²) in [6.07, 6.45) is 2.24. The van der Waals surface area contributed by atoms with Crippen LogP contribution in [0, 0.1) is 16.7 Å². The van der Waals surface area contributed by atoms with Gasteiger partial charge in [-0.1, -0.05) is 32.9 Å². The molecule has 42 heavy (non-hydrogen) atoms. The van der Waals surface area contributed by atoms with Crippen LogP contribution in [0.1, 0.15) is 81.2 Å². The maximum Gasteiger partial charge on any atom is 0.255 e. The van der Waals surface area contributed by atoms with Gasteiger partial charge in [0.1, 0.15) is 11.7 Å². The number of amides is 1. The van der Waals surface area contributed by atoms with E-state index in [0.29, 0.717) is 37.3 Å². The van der Waals surface area contributed by atoms with Crippen molar-refractivity contribution in [3.05, 3.63) is 58.8 Å². The Labute approximate surface area is 245 Å². The van der Waals surface area contributed by atoms with E-state index in [2.05, 4.69) is 42.5 Å². The van der Waals surface area contributed by atoms with E-state index in [1.807, 2.05) is 12.1 Å². The van der Waals surface area contributed by atoms with Gasteiger partial charge in [0.25, 0.3) is 5.92 Å². The molecule has 3 N–H and O–H groups in total. The zero-order valence-electron chi connectivity index (χ0n) is 24.5. The molecule has 2 fully saturated rings. The third-order valence-corrected chi connectivity index (χ3v) is 8.20. The molecular weight excluding hydrogens is 542 g/mol. The topological polar surface area (TPSA) is 116 Å². The van der Waals surface area contributed by atoms with E-state index in [1.165, 1.54) is 0 Å². The number of nitrogens with one attached hydrogen (secondary N) is 2. The van der Waals surface area contributed by atoms with Crippen molar-refractivity contribution in [3.8, 4) is 11.9 Å². The molecule has 1 saturated heterocycles. The van der Waals surface area contributed by atoms with Gasteiger partial charge in [0, 0.05) is 37.4 Å². The summed E-state index contributed by atoms with van der Waals surface area (Å²) in [6.45, 7) is 7.02. The summed E-state index contributed by atoms with van der Waals surface area (Å²) in [4.78, 5) is 17.5. The Kier molecular flexibility index (Phi) is 8.57. The molecule has 2 aromatic rings. The summed E-state index contributed by atoms with van der Waals surface area (Å²) in [5.74, 6) is -2.71. The van der Waals surface area contributed by atoms with Crippen molar-refractivity contribution in [1.82, 2.24) is 15.6 Å². The normalized spacial score (nSPS) is 23.6. The van der Waals surface area contributed by atoms with Gasteiger partial charge < -0.3 is 25.2 Å². The van der Waals surface area contributed by atoms with Crippen LogP contribution in [0.25, 0.3) is 0 Å². The molecule has 3 aliphatic rings. The van der Waals surface area contributed by atoms with Gasteiger partial charge in [-0.15, -0.1) is 0 Å². The number of rotatable bonds is 9. The standard InChI is InChI=1S/C32H40F2N4O4/c1-30(2,3)13-22-11-23-25(14-31(18-32(33,34)19-31)42-29(23)37-16-22)36-17-26(39)24(38-28(40)27-8-5-9-41-27)12-20-6-4-7-21(10-20)15-35/h4,6-7,10-11,16,24-27,36,39H,5,8-9,12-14,17-19H2,1-3H3,(H,38,40)/t24-,25-,26-,27+/m0/s1. The third-order valence-electron chi connectivity index (χ3n) is 8.20. The van der Waals surface area contributed by atoms with E-state index in [0.717, 1.165) is 29.5 Å². The molecule has 2 aliphatic heterocycles. The highest BCUT2D eigenvalue weighted by molar-refractivity contribution is 5.81. The Hall–Kier alpha value is -3.13. The minimum Gasteiger partial charge on any atom is -0.470 e. The molecule has 10 heteroatoms. The number of fused-ring (bicyclic) bond motifs is 1. The molecule has 1 amide bonds. The molecule has 1 aromatic carbocycles. The third kappa shape index (κ3) is 7.25. The quantitative estimate of drug-likeness (QED) is 0.402. The monoisotopic (exact) mass is 582 g/mol. The predicted octanol–water partition coefficient (Wildman–Crippen LogP) is 4.39. The maximum atomic E-state index is 14.0. The predicted molar refractivity (Wildman–Crippen MR) is 152 cm³/mol. The van der Waals surface area contributed by atoms with E-state index in [1.54, 1.807) is 24.4 Å². The number of aromatic nitrogens is 1. The molecule has 0 radical (unpaired) electrons. The van der Waals surface area contributed by atoms with E-state index in [9.17, 15) is 23.9 Å². The highest BCUT2D eigenvalue weighted by Crippen LogP contribution is 2.55. The lowest BCUT2D eigenvalue weighted by molar-refractivity contribution is -0.203. The number of pyridine rings is 1. The van der Waals surface area contributed by atoms with Gasteiger partial charge in [-0.25, -0.2) is 13.8 Å². The zero-order chi connectivity index (χ0) is 30.1. The molecule has 3 heterocycles. The van der Waals surface area contributed by atoms with Crippen LogP contribution in [0.15, 0.2) is 36.5 Å². The fourth-order valence-electron chi connectivity index (χ4n) is 6.35. The second-order valence-corrected chi connectivity index (χ2v) is 13.3. The first-order valence-corrected chi connectivity index (χ1v) is 14.7. The van der Waals surface area contributed by atoms with Crippen LogP contribution in [-0.2, 0) is 22.4 Å². The number of hydrogen-bond donors (Lipinski definition) is 3. The number of alkyl halides is 2. The van der Waals surface area contributed by atoms with Crippen molar-refractivity contribution in [2.75, 3.05) is 13.2 Å². The van der Waals surface area contributed by atoms with E-state index in [4.69, 9.17) is 9.47 Å². The number of aliphatic hydroxyl groups is 1. The smallest absolute Gasteiger partial charge is 0.255 e. The summed E-state index contributed by atoms with van der Waals surface area (Å²) < 4.78 is 39.7. The SMILES string of the molecule is CC(C)(C)Cc1cnc2c(c1)[C@@H](NC[C@H](O)[C@H](Cc1cccc(C#N)c1)NC(=O)[C@H]1CCCO1)CC1(CC(F)(F)C1)O2. The Morgan fingerprint density at radius 3 is 2.71 bits per heavy atom. The van der Waals surface area contributed by atoms with Crippen molar-refractivity contribution in [2.45, 2.75) is 102 Å². The minimum atomic E-state index is -2.77. The number of aliphatic hydroxyl groups excluding tert-OH is 1. The fourth-order valence-corrected chi connectivity index (χ4v) is 6.35. The van der Waals surface area contributed by atoms with Gasteiger partial charge in [-0.05, 0) is 60.4 Å². The lowest BCUT2D eigenvalue weighted by Crippen LogP contribution is -2.59. The van der Waals surface area contributed by atoms with Crippen LogP contribution in [0.2, 0.25) is 0 Å². The van der Waals surface area contributed by atoms with Crippen LogP contribution in [0.4, 0.5) is 8.78 Å². The summed E-state index contributed by atoms with van der Waals surface area (Å²) in [7, 11) is 0. The highest BCUT2D eigenvalue weighted by atomic mass is 19.3. The number of benzene rings is 1. The Balaban J connectivity index is 1.35. The first kappa shape index (κ1) is 30.3. The summed E-state index contributed by atoms with van der Waals surface area (Å²) in [5.41, 5.74) is 2.11. The molecule has 1 saturated carbocycles. The second-order valence-electron chi connectivity index (χ2n) is 13.3. The average Bonchev–Trinajstić information content (AvgIpc) is 3.45. The van der Waals surface area contributed by atoms with E-state index in [-0.39, 0.29) is 36.8 Å². The molecule has 1 aliphatic carbocycles. The summed E-state index contributed by atoms with van der Waals surface area (Å²) in [5, 5.41) is 27.1. The van der Waals surface area contributed by atoms with Crippen LogP contribution in [0.3, 0.4) is 0 Å². The number of hydrogen-bond acceptors (Lipinski definition) is 7. The van der Waals surface area contributed by atoms with Crippen LogP contribution >= 0.6 is 0 Å². The van der Waals surface area contributed by atoms with Crippen molar-refractivity contribution in [3.63, 3.8) is 0 Å². The van der Waals surface area contributed by atoms with Crippen LogP contribution in [0.5, 0.6) is 5.88 Å². The van der Waals surface area contributed by atoms with Crippen molar-refractivity contribution < 1.29 is 28.2 Å². The largest absolute Gasteiger partial charge is 0.470 e. The number of halogens is 2. The molecule has 0 unspecified atom stereocenters. The summed E-state index contributed by atoms with van der Waals surface area (Å²) >= 11 is 0. The number of carbonyl (C=O) groups excluding carboxylic acids is 1. The molecule has 5 rings (SSSR count). The second kappa shape index (κ2) is 11.9. The van der Waals surface area contributed by atoms with E-state index < -0.39 is 29.8 Å².